The van der Waals surface area contributed by atoms with Crippen LogP contribution in [0.25, 0.3) is 0 Å². The summed E-state index contributed by atoms with van der Waals surface area (Å²) in [4.78, 5) is 23.6. The molecule has 136 valence electrons. The van der Waals surface area contributed by atoms with Crippen LogP contribution in [0.5, 0.6) is 0 Å². The van der Waals surface area contributed by atoms with Crippen molar-refractivity contribution >= 4 is 11.8 Å². The van der Waals surface area contributed by atoms with Crippen LogP contribution in [0.3, 0.4) is 0 Å². The van der Waals surface area contributed by atoms with Crippen molar-refractivity contribution in [2.45, 2.75) is 57.7 Å². The summed E-state index contributed by atoms with van der Waals surface area (Å²) >= 11 is 0. The van der Waals surface area contributed by atoms with E-state index in [0.717, 1.165) is 18.4 Å². The van der Waals surface area contributed by atoms with Gasteiger partial charge in [0.25, 0.3) is 0 Å². The highest BCUT2D eigenvalue weighted by Gasteiger charge is 2.68. The van der Waals surface area contributed by atoms with Crippen LogP contribution in [0.2, 0.25) is 0 Å². The highest BCUT2D eigenvalue weighted by atomic mass is 16.4. The van der Waals surface area contributed by atoms with Gasteiger partial charge in [0.05, 0.1) is 6.10 Å². The van der Waals surface area contributed by atoms with E-state index in [0.29, 0.717) is 6.42 Å². The molecule has 0 spiro atoms. The Morgan fingerprint density at radius 2 is 2.00 bits per heavy atom. The molecule has 0 amide bonds. The first-order chi connectivity index (χ1) is 11.6. The van der Waals surface area contributed by atoms with Crippen LogP contribution in [-0.2, 0) is 9.59 Å². The van der Waals surface area contributed by atoms with Crippen LogP contribution >= 0.6 is 0 Å². The number of fused-ring (bicyclic) bond motifs is 5. The summed E-state index contributed by atoms with van der Waals surface area (Å²) in [6.45, 7) is 3.93. The van der Waals surface area contributed by atoms with E-state index in [1.54, 1.807) is 12.2 Å². The summed E-state index contributed by atoms with van der Waals surface area (Å²) in [5.74, 6) is -0.976. The largest absolute Gasteiger partial charge is 0.479 e. The van der Waals surface area contributed by atoms with Crippen molar-refractivity contribution in [3.8, 4) is 0 Å². The molecule has 5 nitrogen and oxygen atoms in total. The van der Waals surface area contributed by atoms with Crippen molar-refractivity contribution in [3.63, 3.8) is 0 Å². The van der Waals surface area contributed by atoms with Crippen molar-refractivity contribution < 1.29 is 24.9 Å². The third-order valence-electron chi connectivity index (χ3n) is 8.00. The molecule has 3 fully saturated rings. The Kier molecular flexibility index (Phi) is 3.42. The summed E-state index contributed by atoms with van der Waals surface area (Å²) in [6.07, 6.45) is 7.37. The second-order valence-electron chi connectivity index (χ2n) is 8.92. The second kappa shape index (κ2) is 5.04. The molecule has 0 aromatic heterocycles. The first kappa shape index (κ1) is 17.0. The molecule has 0 aliphatic heterocycles. The molecular weight excluding hydrogens is 320 g/mol. The Morgan fingerprint density at radius 1 is 1.28 bits per heavy atom. The molecule has 4 rings (SSSR count). The van der Waals surface area contributed by atoms with Crippen molar-refractivity contribution in [1.29, 1.82) is 0 Å². The minimum absolute atomic E-state index is 0.00202. The monoisotopic (exact) mass is 346 g/mol. The zero-order valence-electron chi connectivity index (χ0n) is 14.7. The average Bonchev–Trinajstić information content (AvgIpc) is 2.80. The number of aliphatic hydroxyl groups excluding tert-OH is 1. The Labute approximate surface area is 147 Å². The van der Waals surface area contributed by atoms with E-state index in [4.69, 9.17) is 0 Å². The van der Waals surface area contributed by atoms with Crippen molar-refractivity contribution in [2.75, 3.05) is 0 Å². The highest BCUT2D eigenvalue weighted by molar-refractivity contribution is 6.01. The molecule has 25 heavy (non-hydrogen) atoms. The molecule has 7 atom stereocenters. The van der Waals surface area contributed by atoms with E-state index in [-0.39, 0.29) is 41.8 Å². The van der Waals surface area contributed by atoms with Gasteiger partial charge in [-0.3, -0.25) is 4.79 Å². The number of aliphatic hydroxyl groups is 2. The lowest BCUT2D eigenvalue weighted by molar-refractivity contribution is -0.192. The molecule has 0 bridgehead atoms. The predicted molar refractivity (Wildman–Crippen MR) is 90.6 cm³/mol. The molecule has 0 radical (unpaired) electrons. The third-order valence-corrected chi connectivity index (χ3v) is 8.00. The van der Waals surface area contributed by atoms with Crippen LogP contribution in [0, 0.1) is 28.6 Å². The maximum atomic E-state index is 11.8. The van der Waals surface area contributed by atoms with Gasteiger partial charge in [-0.2, -0.15) is 0 Å². The fourth-order valence-electron chi connectivity index (χ4n) is 6.68. The number of aliphatic carboxylic acids is 1. The molecule has 0 aromatic carbocycles. The first-order valence-corrected chi connectivity index (χ1v) is 9.21. The molecule has 4 aliphatic rings. The van der Waals surface area contributed by atoms with Gasteiger partial charge in [0.2, 0.25) is 0 Å². The van der Waals surface area contributed by atoms with E-state index < -0.39 is 23.1 Å². The average molecular weight is 346 g/mol. The number of hydrogen-bond acceptors (Lipinski definition) is 4. The standard InChI is InChI=1S/C20H26O5/c1-18-7-5-12(21)9-11(18)3-4-13-14-6-8-20(25,17(23)24)19(14,2)10-15(22)16(13)18/h5,7,9,13-16,22,25H,3-4,6,8,10H2,1-2H3,(H,23,24). The van der Waals surface area contributed by atoms with E-state index in [2.05, 4.69) is 6.92 Å². The molecule has 0 saturated heterocycles. The number of hydrogen-bond donors (Lipinski definition) is 3. The lowest BCUT2D eigenvalue weighted by atomic mass is 9.46. The lowest BCUT2D eigenvalue weighted by Gasteiger charge is -2.59. The molecule has 4 aliphatic carbocycles. The molecule has 3 saturated carbocycles. The molecule has 0 heterocycles. The Hall–Kier alpha value is -1.46. The zero-order chi connectivity index (χ0) is 18.2. The molecule has 5 heteroatoms. The fourth-order valence-corrected chi connectivity index (χ4v) is 6.68. The van der Waals surface area contributed by atoms with Gasteiger partial charge < -0.3 is 15.3 Å². The molecule has 7 unspecified atom stereocenters. The summed E-state index contributed by atoms with van der Waals surface area (Å²) in [5, 5.41) is 31.6. The maximum Gasteiger partial charge on any atom is 0.336 e. The van der Waals surface area contributed by atoms with Gasteiger partial charge in [0, 0.05) is 16.7 Å². The van der Waals surface area contributed by atoms with E-state index in [9.17, 15) is 24.9 Å². The van der Waals surface area contributed by atoms with E-state index >= 15 is 0 Å². The van der Waals surface area contributed by atoms with Crippen molar-refractivity contribution in [3.05, 3.63) is 23.8 Å². The van der Waals surface area contributed by atoms with Gasteiger partial charge in [-0.15, -0.1) is 0 Å². The zero-order valence-corrected chi connectivity index (χ0v) is 14.7. The SMILES string of the molecule is CC12C=CC(=O)C=C1CCC1C2C(O)CC2(C)C1CCC2(O)C(=O)O. The summed E-state index contributed by atoms with van der Waals surface area (Å²) < 4.78 is 0. The first-order valence-electron chi connectivity index (χ1n) is 9.21. The quantitative estimate of drug-likeness (QED) is 0.676. The van der Waals surface area contributed by atoms with Crippen LogP contribution in [0.4, 0.5) is 0 Å². The summed E-state index contributed by atoms with van der Waals surface area (Å²) in [6, 6.07) is 0. The van der Waals surface area contributed by atoms with Crippen LogP contribution in [0.1, 0.15) is 46.0 Å². The number of ketones is 1. The van der Waals surface area contributed by atoms with Gasteiger partial charge in [-0.05, 0) is 56.1 Å². The highest BCUT2D eigenvalue weighted by Crippen LogP contribution is 2.66. The number of rotatable bonds is 1. The number of carboxylic acid groups (broad SMARTS) is 1. The van der Waals surface area contributed by atoms with E-state index in [1.807, 2.05) is 13.0 Å². The fraction of sp³-hybridized carbons (Fsp3) is 0.700. The Balaban J connectivity index is 1.76. The maximum absolute atomic E-state index is 11.8. The lowest BCUT2D eigenvalue weighted by Crippen LogP contribution is -2.61. The molecule has 3 N–H and O–H groups in total. The number of carbonyl (C=O) groups excluding carboxylic acids is 1. The van der Waals surface area contributed by atoms with Crippen molar-refractivity contribution in [1.82, 2.24) is 0 Å². The predicted octanol–water partition coefficient (Wildman–Crippen LogP) is 2.08. The van der Waals surface area contributed by atoms with Crippen LogP contribution in [-0.4, -0.2) is 38.8 Å². The van der Waals surface area contributed by atoms with Gasteiger partial charge in [0.1, 0.15) is 0 Å². The number of carbonyl (C=O) groups is 2. The Bertz CT molecular complexity index is 709. The van der Waals surface area contributed by atoms with Crippen LogP contribution < -0.4 is 0 Å². The summed E-state index contributed by atoms with van der Waals surface area (Å²) in [5.41, 5.74) is -1.86. The smallest absolute Gasteiger partial charge is 0.336 e. The minimum atomic E-state index is -1.76. The van der Waals surface area contributed by atoms with Gasteiger partial charge in [0.15, 0.2) is 11.4 Å². The second-order valence-corrected chi connectivity index (χ2v) is 8.92. The van der Waals surface area contributed by atoms with Gasteiger partial charge in [-0.25, -0.2) is 4.79 Å². The van der Waals surface area contributed by atoms with E-state index in [1.165, 1.54) is 0 Å². The minimum Gasteiger partial charge on any atom is -0.479 e. The third kappa shape index (κ3) is 1.97. The normalized spacial score (nSPS) is 51.4. The molecule has 0 aromatic rings. The summed E-state index contributed by atoms with van der Waals surface area (Å²) in [7, 11) is 0. The van der Waals surface area contributed by atoms with Crippen LogP contribution in [0.15, 0.2) is 23.8 Å². The van der Waals surface area contributed by atoms with Crippen molar-refractivity contribution in [2.24, 2.45) is 28.6 Å². The Morgan fingerprint density at radius 3 is 2.68 bits per heavy atom. The van der Waals surface area contributed by atoms with Gasteiger partial charge in [-0.1, -0.05) is 25.5 Å². The molecular formula is C20H26O5. The number of carboxylic acids is 1. The number of allylic oxidation sites excluding steroid dienone is 4. The topological polar surface area (TPSA) is 94.8 Å². The van der Waals surface area contributed by atoms with Gasteiger partial charge >= 0.3 is 5.97 Å².